The molecule has 28 heavy (non-hydrogen) atoms. The number of hydrazone groups is 1. The molecule has 0 unspecified atom stereocenters. The minimum atomic E-state index is -0.281. The topological polar surface area (TPSA) is 59.9 Å². The molecule has 0 aromatic heterocycles. The molecule has 0 heterocycles. The van der Waals surface area contributed by atoms with Crippen LogP contribution in [0.2, 0.25) is 0 Å². The molecule has 0 fully saturated rings. The minimum absolute atomic E-state index is 0.281. The summed E-state index contributed by atoms with van der Waals surface area (Å²) in [6.45, 7) is 0.516. The maximum atomic E-state index is 12.0. The highest BCUT2D eigenvalue weighted by atomic mass is 127. The zero-order chi connectivity index (χ0) is 19.8. The van der Waals surface area contributed by atoms with Crippen molar-refractivity contribution in [2.75, 3.05) is 7.11 Å². The van der Waals surface area contributed by atoms with Crippen molar-refractivity contribution in [3.05, 3.63) is 93.1 Å². The number of nitrogens with zero attached hydrogens (tertiary/aromatic N) is 1. The molecule has 1 amide bonds. The van der Waals surface area contributed by atoms with Gasteiger partial charge in [0.05, 0.1) is 13.3 Å². The fraction of sp³-hybridized carbons (Fsp3) is 0.0909. The molecule has 3 rings (SSSR count). The van der Waals surface area contributed by atoms with Gasteiger partial charge in [-0.25, -0.2) is 5.43 Å². The predicted octanol–water partition coefficient (Wildman–Crippen LogP) is 4.64. The zero-order valence-corrected chi connectivity index (χ0v) is 17.4. The molecule has 6 heteroatoms. The van der Waals surface area contributed by atoms with Crippen LogP contribution in [0.3, 0.4) is 0 Å². The molecule has 0 aliphatic rings. The van der Waals surface area contributed by atoms with Gasteiger partial charge < -0.3 is 9.47 Å². The van der Waals surface area contributed by atoms with Crippen LogP contribution in [-0.4, -0.2) is 19.2 Å². The second kappa shape index (κ2) is 9.89. The first kappa shape index (κ1) is 19.9. The van der Waals surface area contributed by atoms with E-state index >= 15 is 0 Å². The van der Waals surface area contributed by atoms with Crippen molar-refractivity contribution < 1.29 is 14.3 Å². The highest BCUT2D eigenvalue weighted by Crippen LogP contribution is 2.15. The Hall–Kier alpha value is -2.87. The molecular formula is C22H19IN2O3. The number of hydrogen-bond donors (Lipinski definition) is 1. The first-order valence-electron chi connectivity index (χ1n) is 8.59. The van der Waals surface area contributed by atoms with E-state index in [9.17, 15) is 4.79 Å². The Labute approximate surface area is 177 Å². The van der Waals surface area contributed by atoms with E-state index < -0.39 is 0 Å². The Bertz CT molecular complexity index is 937. The first-order chi connectivity index (χ1) is 13.6. The largest absolute Gasteiger partial charge is 0.497 e. The van der Waals surface area contributed by atoms with Crippen LogP contribution >= 0.6 is 22.6 Å². The van der Waals surface area contributed by atoms with Crippen molar-refractivity contribution in [3.63, 3.8) is 0 Å². The Morgan fingerprint density at radius 1 is 0.964 bits per heavy atom. The molecule has 0 atom stereocenters. The summed E-state index contributed by atoms with van der Waals surface area (Å²) in [7, 11) is 1.58. The molecule has 3 aromatic carbocycles. The molecule has 142 valence electrons. The van der Waals surface area contributed by atoms with Gasteiger partial charge in [-0.2, -0.15) is 5.10 Å². The van der Waals surface area contributed by atoms with Gasteiger partial charge in [-0.15, -0.1) is 0 Å². The van der Waals surface area contributed by atoms with E-state index in [0.717, 1.165) is 16.9 Å². The SMILES string of the molecule is COc1ccc(C(=O)N/N=C\c2ccc(OCc3ccc(I)cc3)cc2)cc1. The van der Waals surface area contributed by atoms with Gasteiger partial charge in [-0.05, 0) is 94.4 Å². The number of benzene rings is 3. The first-order valence-corrected chi connectivity index (χ1v) is 9.67. The summed E-state index contributed by atoms with van der Waals surface area (Å²) < 4.78 is 12.1. The molecule has 0 bridgehead atoms. The molecule has 5 nitrogen and oxygen atoms in total. The predicted molar refractivity (Wildman–Crippen MR) is 118 cm³/mol. The number of carbonyl (C=O) groups excluding carboxylic acids is 1. The second-order valence-electron chi connectivity index (χ2n) is 5.91. The number of methoxy groups -OCH3 is 1. The fourth-order valence-corrected chi connectivity index (χ4v) is 2.73. The maximum Gasteiger partial charge on any atom is 0.271 e. The van der Waals surface area contributed by atoms with Gasteiger partial charge in [0, 0.05) is 9.13 Å². The van der Waals surface area contributed by atoms with Crippen LogP contribution in [0.1, 0.15) is 21.5 Å². The van der Waals surface area contributed by atoms with Gasteiger partial charge >= 0.3 is 0 Å². The maximum absolute atomic E-state index is 12.0. The Morgan fingerprint density at radius 3 is 2.25 bits per heavy atom. The lowest BCUT2D eigenvalue weighted by atomic mass is 10.2. The number of hydrogen-bond acceptors (Lipinski definition) is 4. The molecular weight excluding hydrogens is 467 g/mol. The normalized spacial score (nSPS) is 10.6. The number of carbonyl (C=O) groups is 1. The van der Waals surface area contributed by atoms with Gasteiger partial charge in [0.1, 0.15) is 18.1 Å². The monoisotopic (exact) mass is 486 g/mol. The summed E-state index contributed by atoms with van der Waals surface area (Å²) in [4.78, 5) is 12.0. The van der Waals surface area contributed by atoms with Crippen LogP contribution in [0.25, 0.3) is 0 Å². The van der Waals surface area contributed by atoms with Crippen molar-refractivity contribution >= 4 is 34.7 Å². The third-order valence-electron chi connectivity index (χ3n) is 3.93. The van der Waals surface area contributed by atoms with E-state index in [2.05, 4.69) is 45.3 Å². The van der Waals surface area contributed by atoms with Crippen LogP contribution < -0.4 is 14.9 Å². The van der Waals surface area contributed by atoms with Crippen molar-refractivity contribution in [2.24, 2.45) is 5.10 Å². The second-order valence-corrected chi connectivity index (χ2v) is 7.16. The molecule has 1 N–H and O–H groups in total. The quantitative estimate of drug-likeness (QED) is 0.301. The lowest BCUT2D eigenvalue weighted by molar-refractivity contribution is 0.0955. The number of amides is 1. The summed E-state index contributed by atoms with van der Waals surface area (Å²) in [6.07, 6.45) is 1.59. The van der Waals surface area contributed by atoms with E-state index in [1.807, 2.05) is 36.4 Å². The molecule has 0 spiro atoms. The van der Waals surface area contributed by atoms with Crippen molar-refractivity contribution in [1.82, 2.24) is 5.43 Å². The van der Waals surface area contributed by atoms with E-state index in [-0.39, 0.29) is 5.91 Å². The average Bonchev–Trinajstić information content (AvgIpc) is 2.74. The highest BCUT2D eigenvalue weighted by molar-refractivity contribution is 14.1. The van der Waals surface area contributed by atoms with Gasteiger partial charge in [0.25, 0.3) is 5.91 Å². The summed E-state index contributed by atoms with van der Waals surface area (Å²) in [6, 6.07) is 22.5. The van der Waals surface area contributed by atoms with Gasteiger partial charge in [0.2, 0.25) is 0 Å². The Morgan fingerprint density at radius 2 is 1.61 bits per heavy atom. The third-order valence-corrected chi connectivity index (χ3v) is 4.65. The Kier molecular flexibility index (Phi) is 7.02. The Balaban J connectivity index is 1.50. The van der Waals surface area contributed by atoms with Gasteiger partial charge in [-0.3, -0.25) is 4.79 Å². The van der Waals surface area contributed by atoms with Crippen LogP contribution in [0.5, 0.6) is 11.5 Å². The smallest absolute Gasteiger partial charge is 0.271 e. The highest BCUT2D eigenvalue weighted by Gasteiger charge is 2.03. The average molecular weight is 486 g/mol. The van der Waals surface area contributed by atoms with Crippen molar-refractivity contribution in [3.8, 4) is 11.5 Å². The van der Waals surface area contributed by atoms with E-state index in [1.54, 1.807) is 37.6 Å². The van der Waals surface area contributed by atoms with Crippen LogP contribution in [0, 0.1) is 3.57 Å². The number of nitrogens with one attached hydrogen (secondary N) is 1. The van der Waals surface area contributed by atoms with Crippen LogP contribution in [0.15, 0.2) is 77.9 Å². The molecule has 0 saturated carbocycles. The van der Waals surface area contributed by atoms with Crippen LogP contribution in [0.4, 0.5) is 0 Å². The van der Waals surface area contributed by atoms with Gasteiger partial charge in [0.15, 0.2) is 0 Å². The summed E-state index contributed by atoms with van der Waals surface area (Å²) >= 11 is 2.28. The van der Waals surface area contributed by atoms with Gasteiger partial charge in [-0.1, -0.05) is 12.1 Å². The number of ether oxygens (including phenoxy) is 2. The molecule has 0 aliphatic carbocycles. The fourth-order valence-electron chi connectivity index (χ4n) is 2.37. The summed E-state index contributed by atoms with van der Waals surface area (Å²) in [5.41, 5.74) is 5.00. The molecule has 0 aliphatic heterocycles. The van der Waals surface area contributed by atoms with E-state index in [1.165, 1.54) is 3.57 Å². The number of halogens is 1. The lowest BCUT2D eigenvalue weighted by Crippen LogP contribution is -2.17. The molecule has 3 aromatic rings. The lowest BCUT2D eigenvalue weighted by Gasteiger charge is -2.06. The standard InChI is InChI=1S/C22H19IN2O3/c1-27-20-12-6-18(7-13-20)22(26)25-24-14-16-4-10-21(11-5-16)28-15-17-2-8-19(23)9-3-17/h2-14H,15H2,1H3,(H,25,26)/b24-14-. The minimum Gasteiger partial charge on any atom is -0.497 e. The molecule has 0 radical (unpaired) electrons. The summed E-state index contributed by atoms with van der Waals surface area (Å²) in [5.74, 6) is 1.19. The summed E-state index contributed by atoms with van der Waals surface area (Å²) in [5, 5.41) is 3.99. The van der Waals surface area contributed by atoms with Crippen LogP contribution in [-0.2, 0) is 6.61 Å². The number of rotatable bonds is 7. The van der Waals surface area contributed by atoms with E-state index in [4.69, 9.17) is 9.47 Å². The zero-order valence-electron chi connectivity index (χ0n) is 15.3. The van der Waals surface area contributed by atoms with Crippen molar-refractivity contribution in [2.45, 2.75) is 6.61 Å². The van der Waals surface area contributed by atoms with Crippen molar-refractivity contribution in [1.29, 1.82) is 0 Å². The van der Waals surface area contributed by atoms with E-state index in [0.29, 0.717) is 17.9 Å². The third kappa shape index (κ3) is 5.82. The molecule has 0 saturated heterocycles.